The summed E-state index contributed by atoms with van der Waals surface area (Å²) in [5.74, 6) is 1.14. The van der Waals surface area contributed by atoms with Crippen LogP contribution >= 0.6 is 11.3 Å². The zero-order valence-electron chi connectivity index (χ0n) is 10.3. The van der Waals surface area contributed by atoms with E-state index in [4.69, 9.17) is 0 Å². The van der Waals surface area contributed by atoms with Crippen molar-refractivity contribution in [2.45, 2.75) is 26.6 Å². The van der Waals surface area contributed by atoms with Crippen LogP contribution in [-0.4, -0.2) is 37.7 Å². The molecular formula is C11H16N6S. The summed E-state index contributed by atoms with van der Waals surface area (Å²) in [5.41, 5.74) is 0. The average Bonchev–Trinajstić information content (AvgIpc) is 2.98. The largest absolute Gasteiger partial charge is 0.360 e. The van der Waals surface area contributed by atoms with Crippen molar-refractivity contribution in [2.24, 2.45) is 0 Å². The summed E-state index contributed by atoms with van der Waals surface area (Å²) in [4.78, 5) is 6.72. The highest BCUT2D eigenvalue weighted by Gasteiger charge is 2.18. The van der Waals surface area contributed by atoms with Crippen molar-refractivity contribution in [1.29, 1.82) is 0 Å². The van der Waals surface area contributed by atoms with Gasteiger partial charge in [0.05, 0.1) is 13.1 Å². The van der Waals surface area contributed by atoms with E-state index in [1.54, 1.807) is 11.3 Å². The van der Waals surface area contributed by atoms with Crippen LogP contribution in [0.3, 0.4) is 0 Å². The number of aromatic nitrogens is 4. The molecule has 1 aliphatic heterocycles. The number of nitrogens with one attached hydrogen (secondary N) is 1. The summed E-state index contributed by atoms with van der Waals surface area (Å²) in [6, 6.07) is 0. The highest BCUT2D eigenvalue weighted by atomic mass is 32.1. The van der Waals surface area contributed by atoms with Crippen LogP contribution in [-0.2, 0) is 19.6 Å². The van der Waals surface area contributed by atoms with E-state index >= 15 is 0 Å². The fourth-order valence-corrected chi connectivity index (χ4v) is 2.94. The molecular weight excluding hydrogens is 248 g/mol. The molecule has 7 heteroatoms. The first-order valence-electron chi connectivity index (χ1n) is 6.14. The summed E-state index contributed by atoms with van der Waals surface area (Å²) >= 11 is 1.63. The quantitative estimate of drug-likeness (QED) is 0.898. The van der Waals surface area contributed by atoms with Crippen molar-refractivity contribution in [3.8, 4) is 0 Å². The van der Waals surface area contributed by atoms with Crippen molar-refractivity contribution in [3.63, 3.8) is 0 Å². The minimum atomic E-state index is 0.857. The fourth-order valence-electron chi connectivity index (χ4n) is 2.09. The number of rotatable bonds is 4. The minimum Gasteiger partial charge on any atom is -0.360 e. The van der Waals surface area contributed by atoms with Gasteiger partial charge in [0.25, 0.3) is 0 Å². The fraction of sp³-hybridized carbons (Fsp3) is 0.545. The average molecular weight is 264 g/mol. The maximum Gasteiger partial charge on any atom is 0.205 e. The Labute approximate surface area is 110 Å². The predicted octanol–water partition coefficient (Wildman–Crippen LogP) is 1.18. The Balaban J connectivity index is 1.63. The normalized spacial score (nSPS) is 15.6. The van der Waals surface area contributed by atoms with Gasteiger partial charge >= 0.3 is 0 Å². The molecule has 2 aromatic rings. The summed E-state index contributed by atoms with van der Waals surface area (Å²) < 4.78 is 2.21. The van der Waals surface area contributed by atoms with Crippen LogP contribution in [0.4, 0.5) is 5.13 Å². The van der Waals surface area contributed by atoms with Crippen molar-refractivity contribution in [3.05, 3.63) is 23.2 Å². The molecule has 0 bridgehead atoms. The lowest BCUT2D eigenvalue weighted by Gasteiger charge is -2.26. The molecule has 1 aliphatic rings. The first kappa shape index (κ1) is 11.6. The Bertz CT molecular complexity index is 519. The number of anilines is 1. The first-order valence-corrected chi connectivity index (χ1v) is 6.95. The standard InChI is InChI=1S/C11H16N6S/c1-2-12-11-15-14-10(18-11)8-16-5-6-17-4-3-13-9(17)7-16/h3-4H,2,5-8H2,1H3,(H,12,15). The molecule has 0 aromatic carbocycles. The predicted molar refractivity (Wildman–Crippen MR) is 70.4 cm³/mol. The molecule has 2 aromatic heterocycles. The van der Waals surface area contributed by atoms with E-state index in [9.17, 15) is 0 Å². The van der Waals surface area contributed by atoms with Crippen LogP contribution in [0.5, 0.6) is 0 Å². The van der Waals surface area contributed by atoms with Crippen molar-refractivity contribution < 1.29 is 0 Å². The van der Waals surface area contributed by atoms with E-state index in [0.717, 1.165) is 48.7 Å². The summed E-state index contributed by atoms with van der Waals surface area (Å²) in [7, 11) is 0. The molecule has 96 valence electrons. The molecule has 0 atom stereocenters. The van der Waals surface area contributed by atoms with Crippen molar-refractivity contribution >= 4 is 16.5 Å². The van der Waals surface area contributed by atoms with E-state index in [0.29, 0.717) is 0 Å². The van der Waals surface area contributed by atoms with E-state index in [-0.39, 0.29) is 0 Å². The van der Waals surface area contributed by atoms with Gasteiger partial charge in [0.15, 0.2) is 0 Å². The molecule has 6 nitrogen and oxygen atoms in total. The molecule has 0 amide bonds. The maximum atomic E-state index is 4.36. The third-order valence-electron chi connectivity index (χ3n) is 2.98. The molecule has 0 aliphatic carbocycles. The van der Waals surface area contributed by atoms with Gasteiger partial charge in [-0.3, -0.25) is 4.90 Å². The molecule has 18 heavy (non-hydrogen) atoms. The third kappa shape index (κ3) is 2.37. The lowest BCUT2D eigenvalue weighted by Crippen LogP contribution is -2.33. The number of fused-ring (bicyclic) bond motifs is 1. The zero-order valence-corrected chi connectivity index (χ0v) is 11.2. The Morgan fingerprint density at radius 3 is 3.22 bits per heavy atom. The smallest absolute Gasteiger partial charge is 0.205 e. The number of hydrogen-bond acceptors (Lipinski definition) is 6. The van der Waals surface area contributed by atoms with E-state index < -0.39 is 0 Å². The van der Waals surface area contributed by atoms with Gasteiger partial charge in [0.2, 0.25) is 5.13 Å². The number of hydrogen-bond donors (Lipinski definition) is 1. The molecule has 3 heterocycles. The molecule has 0 spiro atoms. The summed E-state index contributed by atoms with van der Waals surface area (Å²) in [6.45, 7) is 6.74. The Kier molecular flexibility index (Phi) is 3.24. The second-order valence-electron chi connectivity index (χ2n) is 4.28. The van der Waals surface area contributed by atoms with Crippen molar-refractivity contribution in [2.75, 3.05) is 18.4 Å². The van der Waals surface area contributed by atoms with Gasteiger partial charge in [-0.05, 0) is 6.92 Å². The maximum absolute atomic E-state index is 4.36. The first-order chi connectivity index (χ1) is 8.85. The topological polar surface area (TPSA) is 58.9 Å². The Morgan fingerprint density at radius 2 is 2.33 bits per heavy atom. The lowest BCUT2D eigenvalue weighted by molar-refractivity contribution is 0.208. The highest BCUT2D eigenvalue weighted by Crippen LogP contribution is 2.19. The van der Waals surface area contributed by atoms with Crippen LogP contribution in [0.25, 0.3) is 0 Å². The van der Waals surface area contributed by atoms with Gasteiger partial charge in [0, 0.05) is 32.0 Å². The van der Waals surface area contributed by atoms with Crippen LogP contribution in [0.1, 0.15) is 17.8 Å². The molecule has 0 saturated heterocycles. The molecule has 0 saturated carbocycles. The molecule has 0 unspecified atom stereocenters. The molecule has 0 fully saturated rings. The summed E-state index contributed by atoms with van der Waals surface area (Å²) in [6.07, 6.45) is 3.91. The van der Waals surface area contributed by atoms with Gasteiger partial charge in [-0.2, -0.15) is 0 Å². The van der Waals surface area contributed by atoms with Crippen molar-refractivity contribution in [1.82, 2.24) is 24.6 Å². The van der Waals surface area contributed by atoms with Crippen LogP contribution in [0, 0.1) is 0 Å². The van der Waals surface area contributed by atoms with Crippen LogP contribution in [0.15, 0.2) is 12.4 Å². The summed E-state index contributed by atoms with van der Waals surface area (Å²) in [5, 5.41) is 13.5. The number of imidazole rings is 1. The highest BCUT2D eigenvalue weighted by molar-refractivity contribution is 7.15. The molecule has 1 N–H and O–H groups in total. The number of nitrogens with zero attached hydrogens (tertiary/aromatic N) is 5. The van der Waals surface area contributed by atoms with E-state index in [1.165, 1.54) is 0 Å². The SMILES string of the molecule is CCNc1nnc(CN2CCn3ccnc3C2)s1. The van der Waals surface area contributed by atoms with Gasteiger partial charge in [-0.15, -0.1) is 10.2 Å². The monoisotopic (exact) mass is 264 g/mol. The Hall–Kier alpha value is -1.47. The lowest BCUT2D eigenvalue weighted by atomic mass is 10.3. The van der Waals surface area contributed by atoms with Gasteiger partial charge in [-0.25, -0.2) is 4.98 Å². The third-order valence-corrected chi connectivity index (χ3v) is 3.84. The van der Waals surface area contributed by atoms with E-state index in [1.807, 2.05) is 12.4 Å². The van der Waals surface area contributed by atoms with Gasteiger partial charge in [-0.1, -0.05) is 11.3 Å². The minimum absolute atomic E-state index is 0.857. The molecule has 3 rings (SSSR count). The van der Waals surface area contributed by atoms with E-state index in [2.05, 4.69) is 36.9 Å². The second kappa shape index (κ2) is 5.03. The zero-order chi connectivity index (χ0) is 12.4. The van der Waals surface area contributed by atoms with Gasteiger partial charge in [0.1, 0.15) is 10.8 Å². The second-order valence-corrected chi connectivity index (χ2v) is 5.34. The van der Waals surface area contributed by atoms with Gasteiger partial charge < -0.3 is 9.88 Å². The van der Waals surface area contributed by atoms with Crippen LogP contribution in [0.2, 0.25) is 0 Å². The molecule has 0 radical (unpaired) electrons. The Morgan fingerprint density at radius 1 is 1.39 bits per heavy atom. The van der Waals surface area contributed by atoms with Crippen LogP contribution < -0.4 is 5.32 Å².